The zero-order valence-corrected chi connectivity index (χ0v) is 18.5. The number of thiophene rings is 1. The van der Waals surface area contributed by atoms with Gasteiger partial charge in [-0.05, 0) is 56.7 Å². The predicted molar refractivity (Wildman–Crippen MR) is 121 cm³/mol. The molecule has 0 spiro atoms. The molecule has 7 heteroatoms. The van der Waals surface area contributed by atoms with Gasteiger partial charge < -0.3 is 10.3 Å². The third-order valence-corrected chi connectivity index (χ3v) is 7.87. The molecular weight excluding hydrogens is 402 g/mol. The fourth-order valence-electron chi connectivity index (χ4n) is 3.84. The van der Waals surface area contributed by atoms with Gasteiger partial charge in [-0.3, -0.25) is 9.59 Å². The standard InChI is InChI=1S/C22H25N3O2S2/c1-12-13(2)29-22-19(12)21(27)24-18(25-22)11-28-14(3)20(26)23-17-10-6-8-15-7-4-5-9-16(15)17/h4-5,7,9,14,17H,6,8,10-11H2,1-3H3,(H,23,26)(H,24,25,27). The lowest BCUT2D eigenvalue weighted by Crippen LogP contribution is -2.36. The number of benzene rings is 1. The number of aromatic nitrogens is 2. The Balaban J connectivity index is 1.41. The van der Waals surface area contributed by atoms with Crippen LogP contribution in [-0.2, 0) is 17.0 Å². The number of aryl methyl sites for hydroxylation is 3. The fraction of sp³-hybridized carbons (Fsp3) is 0.409. The van der Waals surface area contributed by atoms with E-state index in [1.807, 2.05) is 26.8 Å². The molecule has 0 radical (unpaired) electrons. The molecule has 1 aliphatic rings. The minimum absolute atomic E-state index is 0.0305. The molecule has 0 bridgehead atoms. The number of carbonyl (C=O) groups is 1. The average molecular weight is 428 g/mol. The van der Waals surface area contributed by atoms with Gasteiger partial charge in [-0.2, -0.15) is 0 Å². The number of carbonyl (C=O) groups excluding carboxylic acids is 1. The lowest BCUT2D eigenvalue weighted by molar-refractivity contribution is -0.121. The van der Waals surface area contributed by atoms with Gasteiger partial charge in [0.15, 0.2) is 0 Å². The highest BCUT2D eigenvalue weighted by Crippen LogP contribution is 2.30. The first-order chi connectivity index (χ1) is 13.9. The fourth-order valence-corrected chi connectivity index (χ4v) is 5.65. The summed E-state index contributed by atoms with van der Waals surface area (Å²) in [6.45, 7) is 5.87. The second-order valence-corrected chi connectivity index (χ2v) is 10.1. The van der Waals surface area contributed by atoms with E-state index in [4.69, 9.17) is 0 Å². The zero-order valence-electron chi connectivity index (χ0n) is 16.9. The molecular formula is C22H25N3O2S2. The molecule has 5 nitrogen and oxygen atoms in total. The Kier molecular flexibility index (Phi) is 5.79. The van der Waals surface area contributed by atoms with Crippen molar-refractivity contribution < 1.29 is 4.79 Å². The Bertz CT molecular complexity index is 1120. The smallest absolute Gasteiger partial charge is 0.259 e. The van der Waals surface area contributed by atoms with Gasteiger partial charge in [0.05, 0.1) is 22.4 Å². The third-order valence-electron chi connectivity index (χ3n) is 5.61. The molecule has 2 N–H and O–H groups in total. The maximum Gasteiger partial charge on any atom is 0.259 e. The molecule has 1 amide bonds. The number of nitrogens with zero attached hydrogens (tertiary/aromatic N) is 1. The summed E-state index contributed by atoms with van der Waals surface area (Å²) in [4.78, 5) is 34.5. The molecule has 3 aromatic rings. The van der Waals surface area contributed by atoms with Crippen LogP contribution in [0.5, 0.6) is 0 Å². The van der Waals surface area contributed by atoms with Crippen molar-refractivity contribution in [1.29, 1.82) is 0 Å². The number of hydrogen-bond acceptors (Lipinski definition) is 5. The molecule has 1 aliphatic carbocycles. The zero-order chi connectivity index (χ0) is 20.5. The van der Waals surface area contributed by atoms with E-state index in [1.54, 1.807) is 11.3 Å². The van der Waals surface area contributed by atoms with Crippen LogP contribution >= 0.6 is 23.1 Å². The first-order valence-electron chi connectivity index (χ1n) is 9.92. The summed E-state index contributed by atoms with van der Waals surface area (Å²) in [7, 11) is 0. The third kappa shape index (κ3) is 4.12. The summed E-state index contributed by atoms with van der Waals surface area (Å²) in [5, 5.41) is 3.67. The average Bonchev–Trinajstić information content (AvgIpc) is 3.00. The van der Waals surface area contributed by atoms with Gasteiger partial charge >= 0.3 is 0 Å². The van der Waals surface area contributed by atoms with Crippen LogP contribution in [0.2, 0.25) is 0 Å². The van der Waals surface area contributed by atoms with E-state index in [-0.39, 0.29) is 22.8 Å². The summed E-state index contributed by atoms with van der Waals surface area (Å²) in [5.41, 5.74) is 3.48. The summed E-state index contributed by atoms with van der Waals surface area (Å²) in [6, 6.07) is 8.45. The Hall–Kier alpha value is -2.12. The van der Waals surface area contributed by atoms with E-state index in [1.165, 1.54) is 22.9 Å². The van der Waals surface area contributed by atoms with Crippen molar-refractivity contribution in [2.24, 2.45) is 0 Å². The number of rotatable bonds is 5. The van der Waals surface area contributed by atoms with Gasteiger partial charge in [-0.1, -0.05) is 24.3 Å². The molecule has 4 rings (SSSR count). The van der Waals surface area contributed by atoms with Crippen LogP contribution in [-0.4, -0.2) is 21.1 Å². The van der Waals surface area contributed by atoms with Gasteiger partial charge in [-0.25, -0.2) is 4.98 Å². The van der Waals surface area contributed by atoms with Crippen molar-refractivity contribution in [2.45, 2.75) is 57.1 Å². The van der Waals surface area contributed by atoms with Gasteiger partial charge in [0.25, 0.3) is 5.56 Å². The van der Waals surface area contributed by atoms with Gasteiger partial charge in [0.2, 0.25) is 5.91 Å². The molecule has 1 aromatic carbocycles. The Labute approximate surface area is 178 Å². The normalized spacial score (nSPS) is 17.1. The van der Waals surface area contributed by atoms with E-state index in [0.717, 1.165) is 34.5 Å². The number of H-pyrrole nitrogens is 1. The Morgan fingerprint density at radius 3 is 3.00 bits per heavy atom. The molecule has 0 saturated carbocycles. The molecule has 0 aliphatic heterocycles. The molecule has 152 valence electrons. The molecule has 2 heterocycles. The minimum atomic E-state index is -0.225. The molecule has 0 saturated heterocycles. The van der Waals surface area contributed by atoms with E-state index < -0.39 is 0 Å². The maximum absolute atomic E-state index is 12.7. The largest absolute Gasteiger partial charge is 0.348 e. The highest BCUT2D eigenvalue weighted by molar-refractivity contribution is 7.99. The number of nitrogens with one attached hydrogen (secondary N) is 2. The first-order valence-corrected chi connectivity index (χ1v) is 11.8. The summed E-state index contributed by atoms with van der Waals surface area (Å²) in [6.07, 6.45) is 3.15. The highest BCUT2D eigenvalue weighted by Gasteiger charge is 2.24. The van der Waals surface area contributed by atoms with Crippen molar-refractivity contribution in [2.75, 3.05) is 0 Å². The van der Waals surface area contributed by atoms with Crippen LogP contribution in [0, 0.1) is 13.8 Å². The first kappa shape index (κ1) is 20.2. The van der Waals surface area contributed by atoms with Gasteiger partial charge in [-0.15, -0.1) is 23.1 Å². The molecule has 2 aromatic heterocycles. The number of thioether (sulfide) groups is 1. The SMILES string of the molecule is Cc1sc2nc(CSC(C)C(=O)NC3CCCc4ccccc43)[nH]c(=O)c2c1C. The van der Waals surface area contributed by atoms with Crippen LogP contribution in [0.4, 0.5) is 0 Å². The van der Waals surface area contributed by atoms with E-state index in [2.05, 4.69) is 33.5 Å². The highest BCUT2D eigenvalue weighted by atomic mass is 32.2. The second kappa shape index (κ2) is 8.32. The Morgan fingerprint density at radius 2 is 2.17 bits per heavy atom. The number of hydrogen-bond donors (Lipinski definition) is 2. The molecule has 2 unspecified atom stereocenters. The lowest BCUT2D eigenvalue weighted by Gasteiger charge is -2.27. The summed E-state index contributed by atoms with van der Waals surface area (Å²) in [5.74, 6) is 1.15. The predicted octanol–water partition coefficient (Wildman–Crippen LogP) is 4.42. The number of fused-ring (bicyclic) bond motifs is 2. The number of amides is 1. The van der Waals surface area contributed by atoms with Crippen LogP contribution < -0.4 is 10.9 Å². The van der Waals surface area contributed by atoms with Gasteiger partial charge in [0.1, 0.15) is 10.7 Å². The topological polar surface area (TPSA) is 74.8 Å². The van der Waals surface area contributed by atoms with Crippen molar-refractivity contribution in [1.82, 2.24) is 15.3 Å². The number of aromatic amines is 1. The second-order valence-electron chi connectivity index (χ2n) is 7.58. The van der Waals surface area contributed by atoms with Crippen molar-refractivity contribution in [3.8, 4) is 0 Å². The summed E-state index contributed by atoms with van der Waals surface area (Å²) < 4.78 is 0. The van der Waals surface area contributed by atoms with Crippen LogP contribution in [0.1, 0.15) is 53.2 Å². The minimum Gasteiger partial charge on any atom is -0.348 e. The van der Waals surface area contributed by atoms with Gasteiger partial charge in [0, 0.05) is 4.88 Å². The van der Waals surface area contributed by atoms with E-state index >= 15 is 0 Å². The Morgan fingerprint density at radius 1 is 1.38 bits per heavy atom. The quantitative estimate of drug-likeness (QED) is 0.632. The van der Waals surface area contributed by atoms with Crippen molar-refractivity contribution in [3.63, 3.8) is 0 Å². The summed E-state index contributed by atoms with van der Waals surface area (Å²) >= 11 is 3.04. The maximum atomic E-state index is 12.7. The van der Waals surface area contributed by atoms with E-state index in [0.29, 0.717) is 17.0 Å². The van der Waals surface area contributed by atoms with Crippen molar-refractivity contribution >= 4 is 39.2 Å². The van der Waals surface area contributed by atoms with E-state index in [9.17, 15) is 9.59 Å². The van der Waals surface area contributed by atoms with Crippen LogP contribution in [0.15, 0.2) is 29.1 Å². The lowest BCUT2D eigenvalue weighted by atomic mass is 9.88. The van der Waals surface area contributed by atoms with Crippen LogP contribution in [0.25, 0.3) is 10.2 Å². The molecule has 29 heavy (non-hydrogen) atoms. The molecule has 0 fully saturated rings. The molecule has 2 atom stereocenters. The van der Waals surface area contributed by atoms with Crippen molar-refractivity contribution in [3.05, 3.63) is 62.0 Å². The monoisotopic (exact) mass is 427 g/mol. The van der Waals surface area contributed by atoms with Crippen LogP contribution in [0.3, 0.4) is 0 Å².